The van der Waals surface area contributed by atoms with Gasteiger partial charge in [-0.05, 0) is 75.8 Å². The average molecular weight is 722 g/mol. The molecule has 0 unspecified atom stereocenters. The Morgan fingerprint density at radius 3 is 2.61 bits per heavy atom. The van der Waals surface area contributed by atoms with Crippen LogP contribution in [0.4, 0.5) is 18.3 Å². The Labute approximate surface area is 286 Å². The predicted molar refractivity (Wildman–Crippen MR) is 177 cm³/mol. The Hall–Kier alpha value is -3.69. The number of esters is 1. The van der Waals surface area contributed by atoms with Gasteiger partial charge >= 0.3 is 12.3 Å². The van der Waals surface area contributed by atoms with Crippen LogP contribution in [-0.4, -0.2) is 61.9 Å². The van der Waals surface area contributed by atoms with E-state index in [0.29, 0.717) is 24.2 Å². The fraction of sp³-hybridized carbons (Fsp3) is 0.500. The summed E-state index contributed by atoms with van der Waals surface area (Å²) >= 11 is 1.43. The van der Waals surface area contributed by atoms with Crippen molar-refractivity contribution >= 4 is 42.5 Å². The Morgan fingerprint density at radius 2 is 1.92 bits per heavy atom. The Morgan fingerprint density at radius 1 is 1.16 bits per heavy atom. The zero-order valence-electron chi connectivity index (χ0n) is 27.6. The third kappa shape index (κ3) is 7.73. The van der Waals surface area contributed by atoms with Crippen LogP contribution in [0.2, 0.25) is 0 Å². The molecule has 264 valence electrons. The van der Waals surface area contributed by atoms with Crippen molar-refractivity contribution in [1.29, 1.82) is 0 Å². The van der Waals surface area contributed by atoms with Crippen LogP contribution >= 0.6 is 11.3 Å². The zero-order valence-corrected chi connectivity index (χ0v) is 29.2. The second-order valence-corrected chi connectivity index (χ2v) is 15.8. The van der Waals surface area contributed by atoms with Crippen molar-refractivity contribution in [1.82, 2.24) is 10.1 Å². The van der Waals surface area contributed by atoms with Gasteiger partial charge in [-0.3, -0.25) is 4.79 Å². The molecular weight excluding hydrogens is 684 g/mol. The number of aromatic nitrogens is 2. The molecule has 2 aromatic heterocycles. The van der Waals surface area contributed by atoms with Gasteiger partial charge in [0, 0.05) is 29.1 Å². The molecule has 49 heavy (non-hydrogen) atoms. The first kappa shape index (κ1) is 35.1. The second kappa shape index (κ2) is 13.9. The number of carbonyl (C=O) groups excluding carboxylic acids is 1. The number of anilines is 1. The van der Waals surface area contributed by atoms with E-state index in [4.69, 9.17) is 14.2 Å². The number of rotatable bonds is 12. The summed E-state index contributed by atoms with van der Waals surface area (Å²) in [6.45, 7) is 6.16. The number of para-hydroxylation sites is 1. The summed E-state index contributed by atoms with van der Waals surface area (Å²) in [5.74, 6) is -0.474. The number of fused-ring (bicyclic) bond motifs is 1. The molecule has 1 saturated carbocycles. The highest BCUT2D eigenvalue weighted by Crippen LogP contribution is 2.46. The van der Waals surface area contributed by atoms with Crippen molar-refractivity contribution in [2.75, 3.05) is 17.8 Å². The number of carbonyl (C=O) groups is 1. The summed E-state index contributed by atoms with van der Waals surface area (Å²) < 4.78 is 87.5. The van der Waals surface area contributed by atoms with Gasteiger partial charge in [0.15, 0.2) is 15.0 Å². The minimum absolute atomic E-state index is 0.0265. The molecule has 1 aliphatic carbocycles. The van der Waals surface area contributed by atoms with E-state index in [-0.39, 0.29) is 64.8 Å². The molecule has 0 spiro atoms. The van der Waals surface area contributed by atoms with Crippen molar-refractivity contribution in [2.45, 2.75) is 101 Å². The van der Waals surface area contributed by atoms with E-state index in [1.807, 2.05) is 6.92 Å². The van der Waals surface area contributed by atoms with Gasteiger partial charge < -0.3 is 23.6 Å². The summed E-state index contributed by atoms with van der Waals surface area (Å²) in [5, 5.41) is 4.99. The Kier molecular flexibility index (Phi) is 9.97. The molecule has 1 saturated heterocycles. The molecule has 6 rings (SSSR count). The summed E-state index contributed by atoms with van der Waals surface area (Å²) in [4.78, 5) is 19.0. The van der Waals surface area contributed by atoms with Gasteiger partial charge in [0.2, 0.25) is 0 Å². The lowest BCUT2D eigenvalue weighted by Crippen LogP contribution is -2.50. The number of alkyl halides is 3. The van der Waals surface area contributed by atoms with Gasteiger partial charge in [0.25, 0.3) is 0 Å². The molecule has 2 aromatic carbocycles. The molecule has 0 N–H and O–H groups in total. The summed E-state index contributed by atoms with van der Waals surface area (Å²) in [7, 11) is -2.48. The maximum atomic E-state index is 13.2. The van der Waals surface area contributed by atoms with Crippen LogP contribution in [0.1, 0.15) is 75.2 Å². The fourth-order valence-corrected chi connectivity index (χ4v) is 9.17. The van der Waals surface area contributed by atoms with Gasteiger partial charge in [0.1, 0.15) is 17.2 Å². The van der Waals surface area contributed by atoms with Gasteiger partial charge in [-0.1, -0.05) is 35.5 Å². The van der Waals surface area contributed by atoms with E-state index >= 15 is 0 Å². The van der Waals surface area contributed by atoms with Crippen molar-refractivity contribution < 1.29 is 45.1 Å². The van der Waals surface area contributed by atoms with E-state index in [9.17, 15) is 26.4 Å². The number of aryl methyl sites for hydroxylation is 1. The standard InChI is InChI=1S/C34H38F3N3O7S2/c1-5-22-16-23(45-18-26-31(39-47-32(26)21-10-11-21)25-8-6-7-9-27(25)46-34(35,36)37)15-20(3)40(22)33-38-30-19(2)14-24(17-28(30)48-33)49(42,43)13-12-29(41)44-4/h6-9,14,17,20-23H,5,10-13,15-16,18H2,1-4H3/t20-,22+,23+/m1/s1. The van der Waals surface area contributed by atoms with Crippen LogP contribution in [0.25, 0.3) is 21.5 Å². The highest BCUT2D eigenvalue weighted by Gasteiger charge is 2.38. The van der Waals surface area contributed by atoms with E-state index in [1.54, 1.807) is 18.2 Å². The van der Waals surface area contributed by atoms with E-state index in [2.05, 4.69) is 33.4 Å². The van der Waals surface area contributed by atoms with Crippen molar-refractivity contribution in [2.24, 2.45) is 0 Å². The monoisotopic (exact) mass is 721 g/mol. The number of piperidine rings is 1. The molecule has 0 radical (unpaired) electrons. The minimum atomic E-state index is -4.86. The topological polar surface area (TPSA) is 121 Å². The number of nitrogens with zero attached hydrogens (tertiary/aromatic N) is 3. The predicted octanol–water partition coefficient (Wildman–Crippen LogP) is 7.73. The average Bonchev–Trinajstić information content (AvgIpc) is 3.66. The molecule has 15 heteroatoms. The molecular formula is C34H38F3N3O7S2. The molecule has 0 amide bonds. The third-order valence-electron chi connectivity index (χ3n) is 9.11. The highest BCUT2D eigenvalue weighted by atomic mass is 32.2. The smallest absolute Gasteiger partial charge is 0.469 e. The molecule has 0 bridgehead atoms. The Bertz CT molecular complexity index is 1940. The summed E-state index contributed by atoms with van der Waals surface area (Å²) in [5.41, 5.74) is 2.58. The van der Waals surface area contributed by atoms with Gasteiger partial charge in [-0.25, -0.2) is 13.4 Å². The zero-order chi connectivity index (χ0) is 35.1. The van der Waals surface area contributed by atoms with E-state index < -0.39 is 22.2 Å². The molecule has 2 aliphatic rings. The fourth-order valence-electron chi connectivity index (χ4n) is 6.51. The first-order valence-electron chi connectivity index (χ1n) is 16.2. The summed E-state index contributed by atoms with van der Waals surface area (Å²) in [6, 6.07) is 9.23. The number of benzene rings is 2. The number of ether oxygens (including phenoxy) is 3. The van der Waals surface area contributed by atoms with Crippen LogP contribution in [0.15, 0.2) is 45.8 Å². The quantitative estimate of drug-likeness (QED) is 0.134. The molecule has 10 nitrogen and oxygen atoms in total. The van der Waals surface area contributed by atoms with Gasteiger partial charge in [-0.2, -0.15) is 0 Å². The minimum Gasteiger partial charge on any atom is -0.469 e. The second-order valence-electron chi connectivity index (χ2n) is 12.6. The highest BCUT2D eigenvalue weighted by molar-refractivity contribution is 7.91. The lowest BCUT2D eigenvalue weighted by molar-refractivity contribution is -0.274. The van der Waals surface area contributed by atoms with Crippen molar-refractivity contribution in [3.63, 3.8) is 0 Å². The lowest BCUT2D eigenvalue weighted by atomic mass is 9.92. The van der Waals surface area contributed by atoms with E-state index in [0.717, 1.165) is 40.2 Å². The first-order chi connectivity index (χ1) is 23.3. The van der Waals surface area contributed by atoms with Crippen LogP contribution in [0.3, 0.4) is 0 Å². The van der Waals surface area contributed by atoms with Crippen LogP contribution in [0.5, 0.6) is 5.75 Å². The molecule has 2 fully saturated rings. The summed E-state index contributed by atoms with van der Waals surface area (Å²) in [6.07, 6.45) is -1.23. The maximum Gasteiger partial charge on any atom is 0.573 e. The number of hydrogen-bond acceptors (Lipinski definition) is 11. The van der Waals surface area contributed by atoms with Crippen LogP contribution < -0.4 is 9.64 Å². The number of sulfone groups is 1. The SMILES string of the molecule is CC[C@H]1C[C@@H](OCc2c(-c3ccccc3OC(F)(F)F)noc2C2CC2)C[C@@H](C)N1c1nc2c(C)cc(S(=O)(=O)CCC(=O)OC)cc2s1. The molecule has 3 heterocycles. The maximum absolute atomic E-state index is 13.2. The van der Waals surface area contributed by atoms with Crippen LogP contribution in [0, 0.1) is 6.92 Å². The molecule has 1 aliphatic heterocycles. The van der Waals surface area contributed by atoms with Crippen molar-refractivity contribution in [3.05, 3.63) is 53.3 Å². The Balaban J connectivity index is 1.20. The van der Waals surface area contributed by atoms with Gasteiger partial charge in [-0.15, -0.1) is 13.2 Å². The largest absolute Gasteiger partial charge is 0.573 e. The third-order valence-corrected chi connectivity index (χ3v) is 11.8. The number of hydrogen-bond donors (Lipinski definition) is 0. The van der Waals surface area contributed by atoms with Crippen LogP contribution in [-0.2, 0) is 30.7 Å². The van der Waals surface area contributed by atoms with Crippen molar-refractivity contribution in [3.8, 4) is 17.0 Å². The van der Waals surface area contributed by atoms with Gasteiger partial charge in [0.05, 0.1) is 47.1 Å². The number of methoxy groups -OCH3 is 1. The van der Waals surface area contributed by atoms with E-state index in [1.165, 1.54) is 36.6 Å². The molecule has 4 aromatic rings. The first-order valence-corrected chi connectivity index (χ1v) is 18.7. The normalized spacial score (nSPS) is 20.1. The lowest BCUT2D eigenvalue weighted by Gasteiger charge is -2.43. The molecule has 3 atom stereocenters. The number of thiazole rings is 1. The number of halogens is 3.